The zero-order valence-electron chi connectivity index (χ0n) is 13.1. The van der Waals surface area contributed by atoms with E-state index in [0.717, 1.165) is 10.8 Å². The number of halogens is 2. The minimum atomic E-state index is -3.74. The van der Waals surface area contributed by atoms with Crippen LogP contribution in [0.4, 0.5) is 14.6 Å². The number of aliphatic hydroxyl groups excluding tert-OH is 2. The van der Waals surface area contributed by atoms with Crippen LogP contribution in [0.15, 0.2) is 11.2 Å². The highest BCUT2D eigenvalue weighted by Crippen LogP contribution is 2.44. The Morgan fingerprint density at radius 3 is 2.80 bits per heavy atom. The van der Waals surface area contributed by atoms with Gasteiger partial charge in [0.1, 0.15) is 23.4 Å². The van der Waals surface area contributed by atoms with E-state index in [9.17, 15) is 18.7 Å². The molecule has 9 nitrogen and oxygen atoms in total. The van der Waals surface area contributed by atoms with E-state index in [4.69, 9.17) is 15.6 Å². The summed E-state index contributed by atoms with van der Waals surface area (Å²) < 4.78 is 34.9. The van der Waals surface area contributed by atoms with Gasteiger partial charge in [-0.25, -0.2) is 15.0 Å². The van der Waals surface area contributed by atoms with Gasteiger partial charge in [-0.2, -0.15) is 8.78 Å². The van der Waals surface area contributed by atoms with Crippen LogP contribution in [-0.2, 0) is 4.74 Å². The summed E-state index contributed by atoms with van der Waals surface area (Å²) in [5, 5.41) is 18.8. The number of hydrogen-bond acceptors (Lipinski definition) is 7. The third kappa shape index (κ3) is 2.47. The Hall–Kier alpha value is -2.50. The van der Waals surface area contributed by atoms with Gasteiger partial charge in [-0.15, -0.1) is 0 Å². The number of carbonyl (C=O) groups is 1. The molecule has 0 aliphatic carbocycles. The Bertz CT molecular complexity index is 869. The molecule has 0 aromatic carbocycles. The summed E-state index contributed by atoms with van der Waals surface area (Å²) in [5.74, 6) is -4.44. The fourth-order valence-corrected chi connectivity index (χ4v) is 2.83. The number of ether oxygens (including phenoxy) is 1. The molecular weight excluding hydrogens is 340 g/mol. The van der Waals surface area contributed by atoms with Crippen molar-refractivity contribution in [2.45, 2.75) is 31.3 Å². The van der Waals surface area contributed by atoms with E-state index in [0.29, 0.717) is 0 Å². The lowest BCUT2D eigenvalue weighted by atomic mass is 10.1. The van der Waals surface area contributed by atoms with Crippen molar-refractivity contribution in [3.05, 3.63) is 17.6 Å². The van der Waals surface area contributed by atoms with Crippen molar-refractivity contribution in [2.75, 3.05) is 12.3 Å². The zero-order chi connectivity index (χ0) is 18.5. The minimum Gasteiger partial charge on any atom is -0.394 e. The molecule has 25 heavy (non-hydrogen) atoms. The van der Waals surface area contributed by atoms with Crippen LogP contribution in [-0.4, -0.2) is 62.1 Å². The highest BCUT2D eigenvalue weighted by atomic mass is 19.3. The van der Waals surface area contributed by atoms with Crippen molar-refractivity contribution in [1.29, 1.82) is 0 Å². The maximum Gasteiger partial charge on any atom is 0.320 e. The number of fused-ring (bicyclic) bond motifs is 1. The second-order valence-electron chi connectivity index (χ2n) is 5.60. The van der Waals surface area contributed by atoms with Gasteiger partial charge in [0.2, 0.25) is 6.23 Å². The Balaban J connectivity index is 2.27. The first kappa shape index (κ1) is 17.3. The molecule has 0 radical (unpaired) electrons. The van der Waals surface area contributed by atoms with E-state index in [1.807, 2.05) is 0 Å². The van der Waals surface area contributed by atoms with Crippen LogP contribution >= 0.6 is 0 Å². The number of amides is 1. The number of rotatable bonds is 3. The summed E-state index contributed by atoms with van der Waals surface area (Å²) in [5.41, 5.74) is 5.62. The fraction of sp³-hybridized carbons (Fsp3) is 0.429. The zero-order valence-corrected chi connectivity index (χ0v) is 13.1. The van der Waals surface area contributed by atoms with Gasteiger partial charge >= 0.3 is 5.92 Å². The molecule has 3 atom stereocenters. The van der Waals surface area contributed by atoms with Crippen molar-refractivity contribution < 1.29 is 28.5 Å². The fourth-order valence-electron chi connectivity index (χ4n) is 2.83. The van der Waals surface area contributed by atoms with Crippen molar-refractivity contribution in [3.63, 3.8) is 0 Å². The van der Waals surface area contributed by atoms with E-state index in [1.54, 1.807) is 0 Å². The van der Waals surface area contributed by atoms with E-state index >= 15 is 0 Å². The minimum absolute atomic E-state index is 0.0318. The smallest absolute Gasteiger partial charge is 0.320 e. The summed E-state index contributed by atoms with van der Waals surface area (Å²) in [6.07, 6.45) is -4.66. The first-order chi connectivity index (χ1) is 11.7. The normalized spacial score (nSPS) is 25.4. The molecule has 1 aliphatic heterocycles. The molecule has 2 aromatic rings. The molecule has 2 aromatic heterocycles. The molecular formula is C14H15F2N5O4. The van der Waals surface area contributed by atoms with Gasteiger partial charge in [0.15, 0.2) is 6.10 Å². The predicted molar refractivity (Wildman–Crippen MR) is 82.5 cm³/mol. The third-order valence-electron chi connectivity index (χ3n) is 4.00. The Morgan fingerprint density at radius 2 is 2.24 bits per heavy atom. The maximum atomic E-state index is 14.4. The molecule has 4 N–H and O–H groups in total. The number of nitrogen functional groups attached to an aromatic ring is 1. The highest BCUT2D eigenvalue weighted by Gasteiger charge is 2.59. The number of aryl methyl sites for hydroxylation is 1. The number of hydrogen-bond donors (Lipinski definition) is 3. The van der Waals surface area contributed by atoms with Gasteiger partial charge in [-0.05, 0) is 13.6 Å². The van der Waals surface area contributed by atoms with Crippen molar-refractivity contribution in [2.24, 2.45) is 4.99 Å². The predicted octanol–water partition coefficient (Wildman–Crippen LogP) is 0.0486. The molecule has 1 aliphatic rings. The average molecular weight is 355 g/mol. The largest absolute Gasteiger partial charge is 0.394 e. The van der Waals surface area contributed by atoms with E-state index < -0.39 is 36.9 Å². The Labute approximate surface area is 139 Å². The maximum absolute atomic E-state index is 14.4. The number of carbonyl (C=O) groups excluding carboxylic acids is 1. The van der Waals surface area contributed by atoms with E-state index in [-0.39, 0.29) is 28.2 Å². The van der Waals surface area contributed by atoms with Gasteiger partial charge in [0, 0.05) is 6.20 Å². The Morgan fingerprint density at radius 1 is 1.56 bits per heavy atom. The monoisotopic (exact) mass is 355 g/mol. The summed E-state index contributed by atoms with van der Waals surface area (Å²) in [6.45, 7) is 3.82. The Kier molecular flexibility index (Phi) is 4.01. The number of alkyl halides is 2. The van der Waals surface area contributed by atoms with Crippen LogP contribution in [0.1, 0.15) is 22.4 Å². The number of nitrogens with two attached hydrogens (primary N) is 1. The second-order valence-corrected chi connectivity index (χ2v) is 5.60. The standard InChI is InChI=1S/C14H15F2N5O4/c1-5-19-10(17)8-6(12(24)18-2)3-21(11(8)20-5)13-14(15,16)9(23)7(4-22)25-13/h3,7,9,13,22-23H,2,4H2,1H3,(H2,17,19,20)/t7-,9-,13-/m1/s1. The molecule has 1 fully saturated rings. The average Bonchev–Trinajstić information content (AvgIpc) is 3.03. The number of aliphatic imine (C=N–C) groups is 1. The summed E-state index contributed by atoms with van der Waals surface area (Å²) in [6, 6.07) is 0. The molecule has 3 heterocycles. The molecule has 3 rings (SSSR count). The first-order valence-electron chi connectivity index (χ1n) is 7.20. The number of nitrogens with zero attached hydrogens (tertiary/aromatic N) is 4. The number of anilines is 1. The lowest BCUT2D eigenvalue weighted by Crippen LogP contribution is -2.39. The van der Waals surface area contributed by atoms with Crippen molar-refractivity contribution in [3.8, 4) is 0 Å². The topological polar surface area (TPSA) is 136 Å². The van der Waals surface area contributed by atoms with Crippen LogP contribution in [0.3, 0.4) is 0 Å². The summed E-state index contributed by atoms with van der Waals surface area (Å²) in [7, 11) is 0. The van der Waals surface area contributed by atoms with Gasteiger partial charge in [0.05, 0.1) is 17.6 Å². The third-order valence-corrected chi connectivity index (χ3v) is 4.00. The summed E-state index contributed by atoms with van der Waals surface area (Å²) in [4.78, 5) is 23.2. The van der Waals surface area contributed by atoms with Crippen LogP contribution in [0.2, 0.25) is 0 Å². The van der Waals surface area contributed by atoms with E-state index in [1.165, 1.54) is 6.92 Å². The lowest BCUT2D eigenvalue weighted by Gasteiger charge is -2.21. The van der Waals surface area contributed by atoms with Crippen molar-refractivity contribution in [1.82, 2.24) is 14.5 Å². The first-order valence-corrected chi connectivity index (χ1v) is 7.20. The molecule has 0 saturated carbocycles. The molecule has 1 saturated heterocycles. The molecule has 0 spiro atoms. The van der Waals surface area contributed by atoms with Crippen LogP contribution in [0.25, 0.3) is 11.0 Å². The highest BCUT2D eigenvalue weighted by molar-refractivity contribution is 6.10. The number of aliphatic hydroxyl groups is 2. The van der Waals surface area contributed by atoms with Crippen LogP contribution < -0.4 is 5.73 Å². The SMILES string of the molecule is C=NC(=O)c1cn([C@@H]2O[C@H](CO)[C@@H](O)C2(F)F)c2nc(C)nc(N)c12. The van der Waals surface area contributed by atoms with Gasteiger partial charge in [-0.3, -0.25) is 9.36 Å². The van der Waals surface area contributed by atoms with Gasteiger partial charge in [-0.1, -0.05) is 0 Å². The molecule has 0 bridgehead atoms. The van der Waals surface area contributed by atoms with Gasteiger partial charge < -0.3 is 20.7 Å². The van der Waals surface area contributed by atoms with Crippen LogP contribution in [0.5, 0.6) is 0 Å². The number of aromatic nitrogens is 3. The second kappa shape index (κ2) is 5.79. The van der Waals surface area contributed by atoms with Crippen LogP contribution in [0, 0.1) is 6.92 Å². The van der Waals surface area contributed by atoms with Crippen molar-refractivity contribution >= 4 is 29.5 Å². The quantitative estimate of drug-likeness (QED) is 0.662. The molecule has 134 valence electrons. The van der Waals surface area contributed by atoms with E-state index in [2.05, 4.69) is 21.7 Å². The molecule has 11 heteroatoms. The van der Waals surface area contributed by atoms with Gasteiger partial charge in [0.25, 0.3) is 5.91 Å². The summed E-state index contributed by atoms with van der Waals surface area (Å²) >= 11 is 0. The lowest BCUT2D eigenvalue weighted by molar-refractivity contribution is -0.138. The molecule has 1 amide bonds. The molecule has 0 unspecified atom stereocenters.